The summed E-state index contributed by atoms with van der Waals surface area (Å²) < 4.78 is 21.6. The maximum atomic E-state index is 12.8. The van der Waals surface area contributed by atoms with E-state index in [4.69, 9.17) is 18.6 Å². The molecule has 1 aliphatic rings. The van der Waals surface area contributed by atoms with E-state index in [9.17, 15) is 9.59 Å². The maximum Gasteiger partial charge on any atom is 0.415 e. The number of esters is 1. The second-order valence-corrected chi connectivity index (χ2v) is 6.95. The highest BCUT2D eigenvalue weighted by Crippen LogP contribution is 2.29. The normalized spacial score (nSPS) is 15.5. The zero-order valence-electron chi connectivity index (χ0n) is 18.0. The van der Waals surface area contributed by atoms with Gasteiger partial charge in [-0.1, -0.05) is 35.4 Å². The fraction of sp³-hybridized carbons (Fsp3) is 0.217. The summed E-state index contributed by atoms with van der Waals surface area (Å²) in [4.78, 5) is 25.2. The lowest BCUT2D eigenvalue weighted by molar-refractivity contribution is -0.139. The van der Waals surface area contributed by atoms with Crippen molar-refractivity contribution < 1.29 is 28.2 Å². The van der Waals surface area contributed by atoms with Gasteiger partial charge in [0.1, 0.15) is 12.4 Å². The van der Waals surface area contributed by atoms with Crippen molar-refractivity contribution in [1.82, 2.24) is 20.8 Å². The smallest absolute Gasteiger partial charge is 0.415 e. The van der Waals surface area contributed by atoms with Gasteiger partial charge < -0.3 is 29.3 Å². The van der Waals surface area contributed by atoms with Crippen molar-refractivity contribution in [1.29, 1.82) is 0 Å². The highest BCUT2D eigenvalue weighted by molar-refractivity contribution is 5.95. The van der Waals surface area contributed by atoms with Crippen LogP contribution in [-0.2, 0) is 9.53 Å². The van der Waals surface area contributed by atoms with E-state index in [0.29, 0.717) is 11.3 Å². The number of benzene rings is 2. The van der Waals surface area contributed by atoms with E-state index in [0.717, 1.165) is 5.56 Å². The number of ether oxygens (including phenoxy) is 3. The highest BCUT2D eigenvalue weighted by atomic mass is 16.6. The van der Waals surface area contributed by atoms with Crippen molar-refractivity contribution in [3.63, 3.8) is 0 Å². The Labute approximate surface area is 189 Å². The Hall–Kier alpha value is -4.34. The Balaban J connectivity index is 1.61. The minimum atomic E-state index is -0.745. The number of hydrogen-bond donors (Lipinski definition) is 2. The van der Waals surface area contributed by atoms with E-state index < -0.39 is 18.0 Å². The van der Waals surface area contributed by atoms with Gasteiger partial charge in [-0.2, -0.15) is 0 Å². The number of aromatic nitrogens is 2. The molecule has 0 radical (unpaired) electrons. The lowest BCUT2D eigenvalue weighted by atomic mass is 9.95. The van der Waals surface area contributed by atoms with Gasteiger partial charge in [0, 0.05) is 5.56 Å². The fourth-order valence-corrected chi connectivity index (χ4v) is 3.33. The number of hydrogen-bond acceptors (Lipinski definition) is 8. The average Bonchev–Trinajstić information content (AvgIpc) is 3.32. The molecule has 2 amide bonds. The Morgan fingerprint density at radius 2 is 1.85 bits per heavy atom. The van der Waals surface area contributed by atoms with Gasteiger partial charge in [-0.05, 0) is 36.8 Å². The van der Waals surface area contributed by atoms with E-state index in [-0.39, 0.29) is 36.5 Å². The third-order valence-electron chi connectivity index (χ3n) is 4.87. The second kappa shape index (κ2) is 9.86. The second-order valence-electron chi connectivity index (χ2n) is 6.95. The summed E-state index contributed by atoms with van der Waals surface area (Å²) >= 11 is 0. The van der Waals surface area contributed by atoms with Crippen LogP contribution in [0.4, 0.5) is 4.79 Å². The van der Waals surface area contributed by atoms with Gasteiger partial charge in [0.15, 0.2) is 0 Å². The summed E-state index contributed by atoms with van der Waals surface area (Å²) in [5, 5.41) is 13.2. The number of methoxy groups -OCH3 is 1. The van der Waals surface area contributed by atoms with E-state index >= 15 is 0 Å². The van der Waals surface area contributed by atoms with Crippen molar-refractivity contribution >= 4 is 12.0 Å². The van der Waals surface area contributed by atoms with Gasteiger partial charge in [0.2, 0.25) is 0 Å². The van der Waals surface area contributed by atoms with Gasteiger partial charge in [-0.3, -0.25) is 0 Å². The molecule has 0 fully saturated rings. The van der Waals surface area contributed by atoms with Crippen LogP contribution in [0, 0.1) is 0 Å². The predicted octanol–water partition coefficient (Wildman–Crippen LogP) is 3.00. The first-order valence-electron chi connectivity index (χ1n) is 10.2. The quantitative estimate of drug-likeness (QED) is 0.502. The predicted molar refractivity (Wildman–Crippen MR) is 116 cm³/mol. The molecule has 2 aromatic carbocycles. The number of nitrogens with one attached hydrogen (secondary N) is 2. The van der Waals surface area contributed by atoms with Crippen molar-refractivity contribution in [3.8, 4) is 23.3 Å². The molecule has 0 saturated heterocycles. The summed E-state index contributed by atoms with van der Waals surface area (Å²) in [7, 11) is 1.56. The molecule has 1 unspecified atom stereocenters. The molecule has 1 aromatic heterocycles. The lowest BCUT2D eigenvalue weighted by Gasteiger charge is -2.29. The summed E-state index contributed by atoms with van der Waals surface area (Å²) in [6, 6.07) is 15.0. The maximum absolute atomic E-state index is 12.8. The Morgan fingerprint density at radius 3 is 2.55 bits per heavy atom. The van der Waals surface area contributed by atoms with Crippen LogP contribution in [-0.4, -0.2) is 42.5 Å². The van der Waals surface area contributed by atoms with Crippen LogP contribution in [0.15, 0.2) is 70.3 Å². The molecule has 3 aromatic rings. The molecule has 1 aliphatic heterocycles. The number of urea groups is 1. The standard InChI is InChI=1S/C23H22N4O6/c1-3-31-21(28)18-17(13-32-23-27-26-20(33-23)15-7-5-4-6-8-15)24-22(29)25-19(18)14-9-11-16(30-2)12-10-14/h4-12,19H,3,13H2,1-2H3,(H2,24,25,29). The summed E-state index contributed by atoms with van der Waals surface area (Å²) in [6.45, 7) is 1.68. The van der Waals surface area contributed by atoms with Crippen molar-refractivity contribution in [2.75, 3.05) is 20.3 Å². The number of carbonyl (C=O) groups excluding carboxylic acids is 2. The Bertz CT molecular complexity index is 1160. The summed E-state index contributed by atoms with van der Waals surface area (Å²) in [5.41, 5.74) is 1.86. The highest BCUT2D eigenvalue weighted by Gasteiger charge is 2.34. The van der Waals surface area contributed by atoms with Crippen LogP contribution in [0.3, 0.4) is 0 Å². The molecule has 33 heavy (non-hydrogen) atoms. The van der Waals surface area contributed by atoms with Gasteiger partial charge in [0.25, 0.3) is 5.89 Å². The van der Waals surface area contributed by atoms with Crippen LogP contribution < -0.4 is 20.1 Å². The van der Waals surface area contributed by atoms with Gasteiger partial charge >= 0.3 is 18.1 Å². The first kappa shape index (κ1) is 21.9. The van der Waals surface area contributed by atoms with Crippen LogP contribution in [0.2, 0.25) is 0 Å². The van der Waals surface area contributed by atoms with E-state index in [1.54, 1.807) is 38.3 Å². The third kappa shape index (κ3) is 4.95. The van der Waals surface area contributed by atoms with E-state index in [2.05, 4.69) is 20.8 Å². The van der Waals surface area contributed by atoms with Crippen molar-refractivity contribution in [2.24, 2.45) is 0 Å². The largest absolute Gasteiger partial charge is 0.497 e. The number of nitrogens with zero attached hydrogens (tertiary/aromatic N) is 2. The SMILES string of the molecule is CCOC(=O)C1=C(COc2nnc(-c3ccccc3)o2)NC(=O)NC1c1ccc(OC)cc1. The minimum Gasteiger partial charge on any atom is -0.497 e. The lowest BCUT2D eigenvalue weighted by Crippen LogP contribution is -2.47. The topological polar surface area (TPSA) is 125 Å². The Kier molecular flexibility index (Phi) is 6.53. The first-order chi connectivity index (χ1) is 16.1. The Morgan fingerprint density at radius 1 is 1.09 bits per heavy atom. The molecule has 1 atom stereocenters. The molecule has 10 nitrogen and oxygen atoms in total. The van der Waals surface area contributed by atoms with Gasteiger partial charge in [-0.25, -0.2) is 9.59 Å². The van der Waals surface area contributed by atoms with Gasteiger partial charge in [-0.15, -0.1) is 5.10 Å². The van der Waals surface area contributed by atoms with Crippen molar-refractivity contribution in [3.05, 3.63) is 71.4 Å². The van der Waals surface area contributed by atoms with E-state index in [1.165, 1.54) is 0 Å². The number of rotatable bonds is 8. The zero-order chi connectivity index (χ0) is 23.2. The van der Waals surface area contributed by atoms with Crippen LogP contribution in [0.25, 0.3) is 11.5 Å². The molecule has 10 heteroatoms. The van der Waals surface area contributed by atoms with Crippen LogP contribution in [0.5, 0.6) is 11.8 Å². The molecule has 2 heterocycles. The van der Waals surface area contributed by atoms with Crippen LogP contribution in [0.1, 0.15) is 18.5 Å². The van der Waals surface area contributed by atoms with Crippen molar-refractivity contribution in [2.45, 2.75) is 13.0 Å². The molecule has 2 N–H and O–H groups in total. The molecule has 0 aliphatic carbocycles. The summed E-state index contributed by atoms with van der Waals surface area (Å²) in [6.07, 6.45) is -0.0988. The minimum absolute atomic E-state index is 0.0988. The number of amides is 2. The zero-order valence-corrected chi connectivity index (χ0v) is 18.0. The summed E-state index contributed by atoms with van der Waals surface area (Å²) in [5.74, 6) is 0.352. The molecular formula is C23H22N4O6. The fourth-order valence-electron chi connectivity index (χ4n) is 3.33. The third-order valence-corrected chi connectivity index (χ3v) is 4.87. The molecule has 170 valence electrons. The number of carbonyl (C=O) groups is 2. The monoisotopic (exact) mass is 450 g/mol. The molecular weight excluding hydrogens is 428 g/mol. The van der Waals surface area contributed by atoms with Crippen LogP contribution >= 0.6 is 0 Å². The molecule has 4 rings (SSSR count). The first-order valence-corrected chi connectivity index (χ1v) is 10.2. The average molecular weight is 450 g/mol. The van der Waals surface area contributed by atoms with E-state index in [1.807, 2.05) is 30.3 Å². The van der Waals surface area contributed by atoms with Gasteiger partial charge in [0.05, 0.1) is 31.0 Å². The molecule has 0 saturated carbocycles. The molecule has 0 spiro atoms. The molecule has 0 bridgehead atoms.